The van der Waals surface area contributed by atoms with E-state index in [1.807, 2.05) is 30.0 Å². The summed E-state index contributed by atoms with van der Waals surface area (Å²) in [6, 6.07) is 14.2. The molecule has 3 aromatic rings. The number of amides is 1. The van der Waals surface area contributed by atoms with Crippen LogP contribution in [0.4, 0.5) is 5.69 Å². The number of carbonyl (C=O) groups is 1. The summed E-state index contributed by atoms with van der Waals surface area (Å²) in [4.78, 5) is 19.8. The highest BCUT2D eigenvalue weighted by Crippen LogP contribution is 2.32. The summed E-state index contributed by atoms with van der Waals surface area (Å²) >= 11 is 3.14. The number of nitrogens with zero attached hydrogens (tertiary/aromatic N) is 2. The highest BCUT2D eigenvalue weighted by Gasteiger charge is 2.25. The third-order valence-corrected chi connectivity index (χ3v) is 6.82. The summed E-state index contributed by atoms with van der Waals surface area (Å²) in [6.45, 7) is 6.72. The molecule has 3 rings (SSSR count). The van der Waals surface area contributed by atoms with Gasteiger partial charge >= 0.3 is 0 Å². The van der Waals surface area contributed by atoms with Crippen LogP contribution in [0.3, 0.4) is 0 Å². The molecule has 1 atom stereocenters. The molecule has 0 spiro atoms. The number of benzene rings is 2. The lowest BCUT2D eigenvalue weighted by Gasteiger charge is -2.32. The Bertz CT molecular complexity index is 922. The third-order valence-electron chi connectivity index (χ3n) is 4.65. The van der Waals surface area contributed by atoms with E-state index in [4.69, 9.17) is 4.74 Å². The number of ether oxygens (including phenoxy) is 1. The van der Waals surface area contributed by atoms with Gasteiger partial charge in [-0.05, 0) is 43.5 Å². The number of thiazole rings is 1. The van der Waals surface area contributed by atoms with Gasteiger partial charge in [0, 0.05) is 7.11 Å². The topological polar surface area (TPSA) is 42.4 Å². The largest absolute Gasteiger partial charge is 0.383 e. The second-order valence-electron chi connectivity index (χ2n) is 6.74. The molecule has 1 heterocycles. The van der Waals surface area contributed by atoms with Gasteiger partial charge in [-0.1, -0.05) is 49.0 Å². The van der Waals surface area contributed by atoms with Crippen LogP contribution in [0, 0.1) is 6.92 Å². The summed E-state index contributed by atoms with van der Waals surface area (Å²) in [7, 11) is 1.67. The SMILES string of the molecule is CCc1cccc(C)c1N(C(=O)CSc1nc2ccccc2s1)C(C)COC. The van der Waals surface area contributed by atoms with Crippen molar-refractivity contribution in [2.45, 2.75) is 37.6 Å². The predicted octanol–water partition coefficient (Wildman–Crippen LogP) is 5.33. The molecule has 0 radical (unpaired) electrons. The average molecular weight is 415 g/mol. The maximum Gasteiger partial charge on any atom is 0.237 e. The van der Waals surface area contributed by atoms with Crippen LogP contribution in [-0.4, -0.2) is 36.4 Å². The molecule has 1 aromatic heterocycles. The Hall–Kier alpha value is -1.89. The predicted molar refractivity (Wildman–Crippen MR) is 120 cm³/mol. The number of rotatable bonds is 8. The van der Waals surface area contributed by atoms with Crippen molar-refractivity contribution in [1.82, 2.24) is 4.98 Å². The number of hydrogen-bond acceptors (Lipinski definition) is 5. The Morgan fingerprint density at radius 2 is 2.04 bits per heavy atom. The molecule has 4 nitrogen and oxygen atoms in total. The van der Waals surface area contributed by atoms with Gasteiger partial charge in [0.25, 0.3) is 0 Å². The number of thioether (sulfide) groups is 1. The Labute approximate surface area is 174 Å². The van der Waals surface area contributed by atoms with Gasteiger partial charge in [0.05, 0.1) is 34.3 Å². The Balaban J connectivity index is 1.84. The van der Waals surface area contributed by atoms with E-state index in [0.717, 1.165) is 32.2 Å². The fraction of sp³-hybridized carbons (Fsp3) is 0.364. The molecule has 1 unspecified atom stereocenters. The maximum absolute atomic E-state index is 13.3. The standard InChI is InChI=1S/C22H26N2O2S2/c1-5-17-10-8-9-15(2)21(17)24(16(3)13-26-4)20(25)14-27-22-23-18-11-6-7-12-19(18)28-22/h6-12,16H,5,13-14H2,1-4H3. The van der Waals surface area contributed by atoms with Gasteiger partial charge in [0.15, 0.2) is 4.34 Å². The van der Waals surface area contributed by atoms with Crippen molar-refractivity contribution in [3.8, 4) is 0 Å². The van der Waals surface area contributed by atoms with E-state index in [-0.39, 0.29) is 11.9 Å². The van der Waals surface area contributed by atoms with E-state index in [1.54, 1.807) is 18.4 Å². The molecule has 0 aliphatic carbocycles. The number of aromatic nitrogens is 1. The van der Waals surface area contributed by atoms with E-state index in [2.05, 4.69) is 43.1 Å². The van der Waals surface area contributed by atoms with Crippen molar-refractivity contribution in [1.29, 1.82) is 0 Å². The quantitative estimate of drug-likeness (QED) is 0.467. The molecule has 0 saturated carbocycles. The summed E-state index contributed by atoms with van der Waals surface area (Å²) < 4.78 is 7.43. The number of aryl methyl sites for hydroxylation is 2. The molecule has 0 fully saturated rings. The van der Waals surface area contributed by atoms with Crippen molar-refractivity contribution in [3.63, 3.8) is 0 Å². The first-order chi connectivity index (χ1) is 13.5. The van der Waals surface area contributed by atoms with Crippen LogP contribution in [0.1, 0.15) is 25.0 Å². The Morgan fingerprint density at radius 1 is 1.25 bits per heavy atom. The van der Waals surface area contributed by atoms with Crippen LogP contribution in [0.2, 0.25) is 0 Å². The molecule has 0 aliphatic heterocycles. The van der Waals surface area contributed by atoms with Gasteiger partial charge in [0.2, 0.25) is 5.91 Å². The van der Waals surface area contributed by atoms with Crippen molar-refractivity contribution < 1.29 is 9.53 Å². The van der Waals surface area contributed by atoms with Crippen LogP contribution in [0.5, 0.6) is 0 Å². The van der Waals surface area contributed by atoms with Gasteiger partial charge < -0.3 is 9.64 Å². The van der Waals surface area contributed by atoms with Crippen LogP contribution < -0.4 is 4.90 Å². The lowest BCUT2D eigenvalue weighted by atomic mass is 10.0. The number of anilines is 1. The van der Waals surface area contributed by atoms with Crippen molar-refractivity contribution in [2.75, 3.05) is 24.4 Å². The zero-order valence-electron chi connectivity index (χ0n) is 16.8. The smallest absolute Gasteiger partial charge is 0.237 e. The van der Waals surface area contributed by atoms with E-state index in [1.165, 1.54) is 17.3 Å². The first-order valence-electron chi connectivity index (χ1n) is 9.43. The number of methoxy groups -OCH3 is 1. The zero-order valence-corrected chi connectivity index (χ0v) is 18.4. The lowest BCUT2D eigenvalue weighted by molar-refractivity contribution is -0.116. The third kappa shape index (κ3) is 4.57. The van der Waals surface area contributed by atoms with Crippen LogP contribution >= 0.6 is 23.1 Å². The summed E-state index contributed by atoms with van der Waals surface area (Å²) in [5, 5.41) is 0. The van der Waals surface area contributed by atoms with Crippen molar-refractivity contribution >= 4 is 44.9 Å². The minimum Gasteiger partial charge on any atom is -0.383 e. The molecule has 0 saturated heterocycles. The summed E-state index contributed by atoms with van der Waals surface area (Å²) in [6.07, 6.45) is 0.880. The normalized spacial score (nSPS) is 12.3. The summed E-state index contributed by atoms with van der Waals surface area (Å²) in [5.74, 6) is 0.434. The molecule has 0 aliphatic rings. The molecule has 2 aromatic carbocycles. The fourth-order valence-electron chi connectivity index (χ4n) is 3.36. The molecule has 0 bridgehead atoms. The monoisotopic (exact) mass is 414 g/mol. The summed E-state index contributed by atoms with van der Waals surface area (Å²) in [5.41, 5.74) is 4.30. The van der Waals surface area contributed by atoms with E-state index in [0.29, 0.717) is 12.4 Å². The minimum atomic E-state index is -0.0418. The van der Waals surface area contributed by atoms with Crippen LogP contribution in [0.15, 0.2) is 46.8 Å². The highest BCUT2D eigenvalue weighted by atomic mass is 32.2. The van der Waals surface area contributed by atoms with Crippen LogP contribution in [0.25, 0.3) is 10.2 Å². The molecule has 6 heteroatoms. The maximum atomic E-state index is 13.3. The molecule has 28 heavy (non-hydrogen) atoms. The van der Waals surface area contributed by atoms with Gasteiger partial charge in [0.1, 0.15) is 0 Å². The van der Waals surface area contributed by atoms with Gasteiger partial charge in [-0.3, -0.25) is 4.79 Å². The lowest BCUT2D eigenvalue weighted by Crippen LogP contribution is -2.43. The highest BCUT2D eigenvalue weighted by molar-refractivity contribution is 8.01. The Kier molecular flexibility index (Phi) is 7.10. The molecule has 1 amide bonds. The molecule has 0 N–H and O–H groups in total. The first kappa shape index (κ1) is 20.8. The number of para-hydroxylation sites is 2. The second kappa shape index (κ2) is 9.54. The van der Waals surface area contributed by atoms with E-state index >= 15 is 0 Å². The first-order valence-corrected chi connectivity index (χ1v) is 11.2. The molecular weight excluding hydrogens is 388 g/mol. The van der Waals surface area contributed by atoms with Gasteiger partial charge in [-0.2, -0.15) is 0 Å². The fourth-order valence-corrected chi connectivity index (χ4v) is 5.29. The second-order valence-corrected chi connectivity index (χ2v) is 8.99. The molecule has 148 valence electrons. The zero-order chi connectivity index (χ0) is 20.1. The van der Waals surface area contributed by atoms with Crippen molar-refractivity contribution in [3.05, 3.63) is 53.6 Å². The number of fused-ring (bicyclic) bond motifs is 1. The van der Waals surface area contributed by atoms with Crippen LogP contribution in [-0.2, 0) is 16.0 Å². The number of hydrogen-bond donors (Lipinski definition) is 0. The average Bonchev–Trinajstić information content (AvgIpc) is 3.11. The minimum absolute atomic E-state index is 0.0418. The van der Waals surface area contributed by atoms with Crippen molar-refractivity contribution in [2.24, 2.45) is 0 Å². The number of carbonyl (C=O) groups excluding carboxylic acids is 1. The molecular formula is C22H26N2O2S2. The van der Waals surface area contributed by atoms with E-state index < -0.39 is 0 Å². The Morgan fingerprint density at radius 3 is 2.75 bits per heavy atom. The van der Waals surface area contributed by atoms with E-state index in [9.17, 15) is 4.79 Å². The van der Waals surface area contributed by atoms with Gasteiger partial charge in [-0.15, -0.1) is 11.3 Å². The van der Waals surface area contributed by atoms with Gasteiger partial charge in [-0.25, -0.2) is 4.98 Å².